The average molecular weight is 288 g/mol. The van der Waals surface area contributed by atoms with E-state index in [0.717, 1.165) is 17.7 Å². The SMILES string of the molecule is O=C(O)[C@H]1Cc2ccccc2CN1C(=O)CNCC1CC1. The number of carbonyl (C=O) groups is 2. The summed E-state index contributed by atoms with van der Waals surface area (Å²) >= 11 is 0. The molecule has 1 saturated carbocycles. The van der Waals surface area contributed by atoms with Crippen LogP contribution in [-0.2, 0) is 22.6 Å². The van der Waals surface area contributed by atoms with Gasteiger partial charge in [0.1, 0.15) is 6.04 Å². The minimum absolute atomic E-state index is 0.127. The predicted octanol–water partition coefficient (Wildman–Crippen LogP) is 1.02. The molecule has 0 saturated heterocycles. The van der Waals surface area contributed by atoms with Crippen LogP contribution in [0.15, 0.2) is 24.3 Å². The second kappa shape index (κ2) is 5.85. The van der Waals surface area contributed by atoms with Crippen molar-refractivity contribution in [3.63, 3.8) is 0 Å². The highest BCUT2D eigenvalue weighted by Crippen LogP contribution is 2.27. The van der Waals surface area contributed by atoms with Crippen molar-refractivity contribution in [2.24, 2.45) is 5.92 Å². The van der Waals surface area contributed by atoms with Gasteiger partial charge in [-0.3, -0.25) is 4.79 Å². The monoisotopic (exact) mass is 288 g/mol. The van der Waals surface area contributed by atoms with E-state index >= 15 is 0 Å². The maximum absolute atomic E-state index is 12.3. The Kier molecular flexibility index (Phi) is 3.92. The summed E-state index contributed by atoms with van der Waals surface area (Å²) in [5.74, 6) is -0.354. The first-order valence-electron chi connectivity index (χ1n) is 7.45. The molecule has 0 unspecified atom stereocenters. The molecular formula is C16H20N2O3. The quantitative estimate of drug-likeness (QED) is 0.849. The van der Waals surface area contributed by atoms with Crippen molar-refractivity contribution in [2.75, 3.05) is 13.1 Å². The van der Waals surface area contributed by atoms with Gasteiger partial charge in [0.05, 0.1) is 6.54 Å². The zero-order valence-electron chi connectivity index (χ0n) is 11.9. The van der Waals surface area contributed by atoms with Gasteiger partial charge >= 0.3 is 5.97 Å². The zero-order chi connectivity index (χ0) is 14.8. The van der Waals surface area contributed by atoms with E-state index in [9.17, 15) is 14.7 Å². The van der Waals surface area contributed by atoms with Crippen LogP contribution in [0.4, 0.5) is 0 Å². The molecule has 0 aromatic heterocycles. The normalized spacial score (nSPS) is 21.0. The molecule has 0 radical (unpaired) electrons. The number of fused-ring (bicyclic) bond motifs is 1. The van der Waals surface area contributed by atoms with Crippen LogP contribution in [0, 0.1) is 5.92 Å². The number of aliphatic carboxylic acids is 1. The highest BCUT2D eigenvalue weighted by Gasteiger charge is 2.34. The molecule has 1 atom stereocenters. The van der Waals surface area contributed by atoms with Crippen molar-refractivity contribution in [1.82, 2.24) is 10.2 Å². The lowest BCUT2D eigenvalue weighted by Gasteiger charge is -2.34. The summed E-state index contributed by atoms with van der Waals surface area (Å²) in [5, 5.41) is 12.5. The molecule has 21 heavy (non-hydrogen) atoms. The summed E-state index contributed by atoms with van der Waals surface area (Å²) in [6.45, 7) is 1.47. The van der Waals surface area contributed by atoms with Gasteiger partial charge in [0.2, 0.25) is 5.91 Å². The Hall–Kier alpha value is -1.88. The number of carbonyl (C=O) groups excluding carboxylic acids is 1. The number of rotatable bonds is 5. The molecule has 1 amide bonds. The topological polar surface area (TPSA) is 69.6 Å². The van der Waals surface area contributed by atoms with Crippen LogP contribution in [0.5, 0.6) is 0 Å². The Labute approximate surface area is 123 Å². The Balaban J connectivity index is 1.68. The molecule has 0 spiro atoms. The number of amides is 1. The summed E-state index contributed by atoms with van der Waals surface area (Å²) in [5.41, 5.74) is 2.07. The lowest BCUT2D eigenvalue weighted by molar-refractivity contribution is -0.151. The van der Waals surface area contributed by atoms with Gasteiger partial charge in [-0.15, -0.1) is 0 Å². The second-order valence-corrected chi connectivity index (χ2v) is 5.92. The van der Waals surface area contributed by atoms with Crippen LogP contribution in [0.1, 0.15) is 24.0 Å². The largest absolute Gasteiger partial charge is 0.480 e. The minimum atomic E-state index is -0.931. The van der Waals surface area contributed by atoms with Crippen LogP contribution in [0.25, 0.3) is 0 Å². The first-order valence-corrected chi connectivity index (χ1v) is 7.45. The summed E-state index contributed by atoms with van der Waals surface area (Å²) in [6, 6.07) is 6.99. The van der Waals surface area contributed by atoms with Crippen molar-refractivity contribution in [1.29, 1.82) is 0 Å². The molecule has 1 aromatic rings. The molecule has 3 rings (SSSR count). The Morgan fingerprint density at radius 3 is 2.62 bits per heavy atom. The third-order valence-corrected chi connectivity index (χ3v) is 4.26. The standard InChI is InChI=1S/C16H20N2O3/c19-15(9-17-8-11-5-6-11)18-10-13-4-2-1-3-12(13)7-14(18)16(20)21/h1-4,11,14,17H,5-10H2,(H,20,21)/t14-/m1/s1. The first-order chi connectivity index (χ1) is 10.1. The van der Waals surface area contributed by atoms with Crippen LogP contribution < -0.4 is 5.32 Å². The molecule has 1 aliphatic carbocycles. The molecule has 2 aliphatic rings. The van der Waals surface area contributed by atoms with Gasteiger partial charge in [0.25, 0.3) is 0 Å². The van der Waals surface area contributed by atoms with E-state index < -0.39 is 12.0 Å². The number of carboxylic acids is 1. The van der Waals surface area contributed by atoms with Gasteiger partial charge in [-0.05, 0) is 36.4 Å². The van der Waals surface area contributed by atoms with Crippen molar-refractivity contribution in [3.8, 4) is 0 Å². The molecular weight excluding hydrogens is 268 g/mol. The summed E-state index contributed by atoms with van der Waals surface area (Å²) < 4.78 is 0. The zero-order valence-corrected chi connectivity index (χ0v) is 11.9. The molecule has 1 fully saturated rings. The maximum Gasteiger partial charge on any atom is 0.326 e. The second-order valence-electron chi connectivity index (χ2n) is 5.92. The lowest BCUT2D eigenvalue weighted by atomic mass is 9.94. The van der Waals surface area contributed by atoms with Gasteiger partial charge in [0, 0.05) is 13.0 Å². The van der Waals surface area contributed by atoms with E-state index in [1.165, 1.54) is 17.7 Å². The number of nitrogens with one attached hydrogen (secondary N) is 1. The van der Waals surface area contributed by atoms with Gasteiger partial charge in [0.15, 0.2) is 0 Å². The molecule has 1 heterocycles. The lowest BCUT2D eigenvalue weighted by Crippen LogP contribution is -2.51. The maximum atomic E-state index is 12.3. The number of nitrogens with zero attached hydrogens (tertiary/aromatic N) is 1. The fourth-order valence-corrected chi connectivity index (χ4v) is 2.81. The molecule has 2 N–H and O–H groups in total. The highest BCUT2D eigenvalue weighted by atomic mass is 16.4. The van der Waals surface area contributed by atoms with E-state index in [2.05, 4.69) is 5.32 Å². The summed E-state index contributed by atoms with van der Waals surface area (Å²) in [7, 11) is 0. The van der Waals surface area contributed by atoms with E-state index in [4.69, 9.17) is 0 Å². The van der Waals surface area contributed by atoms with Gasteiger partial charge < -0.3 is 15.3 Å². The van der Waals surface area contributed by atoms with Gasteiger partial charge in [-0.1, -0.05) is 24.3 Å². The highest BCUT2D eigenvalue weighted by molar-refractivity contribution is 5.85. The smallest absolute Gasteiger partial charge is 0.326 e. The van der Waals surface area contributed by atoms with Crippen LogP contribution >= 0.6 is 0 Å². The van der Waals surface area contributed by atoms with E-state index in [1.54, 1.807) is 0 Å². The summed E-state index contributed by atoms with van der Waals surface area (Å²) in [4.78, 5) is 25.3. The van der Waals surface area contributed by atoms with E-state index in [1.807, 2.05) is 24.3 Å². The minimum Gasteiger partial charge on any atom is -0.480 e. The fourth-order valence-electron chi connectivity index (χ4n) is 2.81. The van der Waals surface area contributed by atoms with Crippen molar-refractivity contribution >= 4 is 11.9 Å². The molecule has 112 valence electrons. The number of carboxylic acid groups (broad SMARTS) is 1. The molecule has 5 nitrogen and oxygen atoms in total. The number of hydrogen-bond donors (Lipinski definition) is 2. The van der Waals surface area contributed by atoms with Crippen molar-refractivity contribution in [3.05, 3.63) is 35.4 Å². The van der Waals surface area contributed by atoms with Gasteiger partial charge in [-0.25, -0.2) is 4.79 Å². The van der Waals surface area contributed by atoms with Crippen molar-refractivity contribution < 1.29 is 14.7 Å². The van der Waals surface area contributed by atoms with Crippen LogP contribution in [0.2, 0.25) is 0 Å². The first kappa shape index (κ1) is 14.1. The molecule has 5 heteroatoms. The van der Waals surface area contributed by atoms with Crippen molar-refractivity contribution in [2.45, 2.75) is 31.8 Å². The van der Waals surface area contributed by atoms with Gasteiger partial charge in [-0.2, -0.15) is 0 Å². The van der Waals surface area contributed by atoms with Crippen LogP contribution in [-0.4, -0.2) is 41.0 Å². The summed E-state index contributed by atoms with van der Waals surface area (Å²) in [6.07, 6.45) is 2.85. The average Bonchev–Trinajstić information content (AvgIpc) is 3.30. The van der Waals surface area contributed by atoms with E-state index in [-0.39, 0.29) is 12.5 Å². The Morgan fingerprint density at radius 1 is 1.24 bits per heavy atom. The molecule has 1 aliphatic heterocycles. The Bertz CT molecular complexity index is 554. The molecule has 0 bridgehead atoms. The predicted molar refractivity (Wildman–Crippen MR) is 77.7 cm³/mol. The molecule has 1 aromatic carbocycles. The Morgan fingerprint density at radius 2 is 1.95 bits per heavy atom. The fraction of sp³-hybridized carbons (Fsp3) is 0.500. The van der Waals surface area contributed by atoms with E-state index in [0.29, 0.717) is 18.9 Å². The third kappa shape index (κ3) is 3.24. The van der Waals surface area contributed by atoms with Crippen LogP contribution in [0.3, 0.4) is 0 Å². The number of hydrogen-bond acceptors (Lipinski definition) is 3. The number of benzene rings is 1. The third-order valence-electron chi connectivity index (χ3n) is 4.26.